The van der Waals surface area contributed by atoms with E-state index in [1.165, 1.54) is 43.2 Å². The third kappa shape index (κ3) is 5.00. The zero-order chi connectivity index (χ0) is 29.2. The standard InChI is InChI=1S/C30H31N3O7/c1-18(2)31-29(37)32-26(20-12-16-23(40-4)17-13-20)24(27(34)21-8-6-5-7-9-21)25(30(32,3)28(35)36)19-10-14-22(15-11-19)33(38)39/h5-18,24-26H,1-4H3,(H,31,37)(H,35,36). The number of ether oxygens (including phenoxy) is 1. The van der Waals surface area contributed by atoms with Crippen molar-refractivity contribution < 1.29 is 29.2 Å². The molecule has 208 valence electrons. The lowest BCUT2D eigenvalue weighted by Gasteiger charge is -2.38. The van der Waals surface area contributed by atoms with Gasteiger partial charge in [-0.2, -0.15) is 0 Å². The molecule has 40 heavy (non-hydrogen) atoms. The summed E-state index contributed by atoms with van der Waals surface area (Å²) in [4.78, 5) is 53.4. The topological polar surface area (TPSA) is 139 Å². The summed E-state index contributed by atoms with van der Waals surface area (Å²) in [6.07, 6.45) is 0. The summed E-state index contributed by atoms with van der Waals surface area (Å²) >= 11 is 0. The number of carbonyl (C=O) groups excluding carboxylic acids is 2. The normalized spacial score (nSPS) is 22.1. The molecule has 1 aliphatic rings. The van der Waals surface area contributed by atoms with Crippen LogP contribution in [0.5, 0.6) is 5.75 Å². The number of ketones is 1. The molecule has 3 aromatic rings. The van der Waals surface area contributed by atoms with E-state index in [1.54, 1.807) is 68.4 Å². The number of carboxylic acids is 1. The number of methoxy groups -OCH3 is 1. The quantitative estimate of drug-likeness (QED) is 0.225. The van der Waals surface area contributed by atoms with Crippen LogP contribution in [-0.2, 0) is 4.79 Å². The first-order chi connectivity index (χ1) is 19.0. The maximum atomic E-state index is 14.3. The Hall–Kier alpha value is -4.73. The Morgan fingerprint density at radius 2 is 1.55 bits per heavy atom. The Balaban J connectivity index is 2.03. The number of carbonyl (C=O) groups is 3. The van der Waals surface area contributed by atoms with Crippen LogP contribution in [0.15, 0.2) is 78.9 Å². The maximum Gasteiger partial charge on any atom is 0.330 e. The number of amides is 2. The van der Waals surface area contributed by atoms with Crippen molar-refractivity contribution in [3.63, 3.8) is 0 Å². The lowest BCUT2D eigenvalue weighted by Crippen LogP contribution is -2.57. The molecule has 10 heteroatoms. The summed E-state index contributed by atoms with van der Waals surface area (Å²) in [5.74, 6) is -3.20. The molecule has 0 bridgehead atoms. The van der Waals surface area contributed by atoms with Gasteiger partial charge in [0.2, 0.25) is 0 Å². The lowest BCUT2D eigenvalue weighted by atomic mass is 9.71. The number of likely N-dealkylation sites (tertiary alicyclic amines) is 1. The second-order valence-corrected chi connectivity index (χ2v) is 10.2. The molecule has 2 N–H and O–H groups in total. The van der Waals surface area contributed by atoms with E-state index in [0.717, 1.165) is 0 Å². The number of nitrogens with zero attached hydrogens (tertiary/aromatic N) is 2. The van der Waals surface area contributed by atoms with Crippen LogP contribution in [-0.4, -0.2) is 51.4 Å². The van der Waals surface area contributed by atoms with Gasteiger partial charge in [0.25, 0.3) is 5.69 Å². The van der Waals surface area contributed by atoms with E-state index < -0.39 is 40.3 Å². The second-order valence-electron chi connectivity index (χ2n) is 10.2. The van der Waals surface area contributed by atoms with Crippen molar-refractivity contribution in [1.29, 1.82) is 0 Å². The molecule has 0 aromatic heterocycles. The smallest absolute Gasteiger partial charge is 0.330 e. The van der Waals surface area contributed by atoms with Gasteiger partial charge in [-0.15, -0.1) is 0 Å². The van der Waals surface area contributed by atoms with Crippen LogP contribution in [0.4, 0.5) is 10.5 Å². The van der Waals surface area contributed by atoms with Gasteiger partial charge in [0.1, 0.15) is 11.3 Å². The van der Waals surface area contributed by atoms with Gasteiger partial charge in [-0.1, -0.05) is 54.6 Å². The number of aliphatic carboxylic acids is 1. The summed E-state index contributed by atoms with van der Waals surface area (Å²) in [7, 11) is 1.51. The first-order valence-corrected chi connectivity index (χ1v) is 12.8. The summed E-state index contributed by atoms with van der Waals surface area (Å²) in [5, 5.41) is 24.9. The number of hydrogen-bond acceptors (Lipinski definition) is 6. The van der Waals surface area contributed by atoms with Crippen LogP contribution in [0.1, 0.15) is 54.2 Å². The molecule has 0 radical (unpaired) electrons. The van der Waals surface area contributed by atoms with Crippen LogP contribution < -0.4 is 10.1 Å². The van der Waals surface area contributed by atoms with Gasteiger partial charge in [-0.05, 0) is 44.0 Å². The Morgan fingerprint density at radius 1 is 0.975 bits per heavy atom. The minimum absolute atomic E-state index is 0.175. The highest BCUT2D eigenvalue weighted by Crippen LogP contribution is 2.56. The SMILES string of the molecule is COc1ccc(C2C(C(=O)c3ccccc3)C(c3ccc([N+](=O)[O-])cc3)C(C)(C(=O)O)N2C(=O)NC(C)C)cc1. The molecule has 4 unspecified atom stereocenters. The minimum atomic E-state index is -1.91. The van der Waals surface area contributed by atoms with Crippen molar-refractivity contribution >= 4 is 23.5 Å². The van der Waals surface area contributed by atoms with Crippen molar-refractivity contribution in [1.82, 2.24) is 10.2 Å². The van der Waals surface area contributed by atoms with Crippen LogP contribution in [0, 0.1) is 16.0 Å². The molecular formula is C30H31N3O7. The Labute approximate surface area is 231 Å². The van der Waals surface area contributed by atoms with Crippen LogP contribution >= 0.6 is 0 Å². The van der Waals surface area contributed by atoms with E-state index in [-0.39, 0.29) is 17.5 Å². The largest absolute Gasteiger partial charge is 0.497 e. The first-order valence-electron chi connectivity index (χ1n) is 12.8. The maximum absolute atomic E-state index is 14.3. The molecular weight excluding hydrogens is 514 g/mol. The molecule has 10 nitrogen and oxygen atoms in total. The highest BCUT2D eigenvalue weighted by molar-refractivity contribution is 6.02. The fraction of sp³-hybridized carbons (Fsp3) is 0.300. The predicted molar refractivity (Wildman–Crippen MR) is 147 cm³/mol. The van der Waals surface area contributed by atoms with Gasteiger partial charge in [0.15, 0.2) is 5.78 Å². The monoisotopic (exact) mass is 545 g/mol. The molecule has 0 saturated carbocycles. The highest BCUT2D eigenvalue weighted by atomic mass is 16.6. The third-order valence-electron chi connectivity index (χ3n) is 7.43. The minimum Gasteiger partial charge on any atom is -0.497 e. The Bertz CT molecular complexity index is 1410. The predicted octanol–water partition coefficient (Wildman–Crippen LogP) is 5.20. The van der Waals surface area contributed by atoms with Crippen molar-refractivity contribution in [3.8, 4) is 5.75 Å². The molecule has 4 rings (SSSR count). The van der Waals surface area contributed by atoms with E-state index >= 15 is 0 Å². The van der Waals surface area contributed by atoms with Gasteiger partial charge in [-0.25, -0.2) is 9.59 Å². The zero-order valence-electron chi connectivity index (χ0n) is 22.6. The van der Waals surface area contributed by atoms with Crippen LogP contribution in [0.3, 0.4) is 0 Å². The van der Waals surface area contributed by atoms with Gasteiger partial charge >= 0.3 is 12.0 Å². The molecule has 1 aliphatic heterocycles. The molecule has 0 spiro atoms. The van der Waals surface area contributed by atoms with Crippen molar-refractivity contribution in [2.75, 3.05) is 7.11 Å². The van der Waals surface area contributed by atoms with Gasteiger partial charge in [0, 0.05) is 29.7 Å². The second kappa shape index (κ2) is 11.2. The lowest BCUT2D eigenvalue weighted by molar-refractivity contribution is -0.384. The fourth-order valence-electron chi connectivity index (χ4n) is 5.60. The molecule has 1 heterocycles. The number of rotatable bonds is 8. The van der Waals surface area contributed by atoms with Gasteiger partial charge < -0.3 is 20.1 Å². The Morgan fingerprint density at radius 3 is 2.05 bits per heavy atom. The van der Waals surface area contributed by atoms with E-state index in [4.69, 9.17) is 4.74 Å². The molecule has 2 amide bonds. The summed E-state index contributed by atoms with van der Waals surface area (Å²) in [6, 6.07) is 18.8. The van der Waals surface area contributed by atoms with Crippen molar-refractivity contribution in [3.05, 3.63) is 106 Å². The highest BCUT2D eigenvalue weighted by Gasteiger charge is 2.65. The van der Waals surface area contributed by atoms with E-state index in [2.05, 4.69) is 5.32 Å². The van der Waals surface area contributed by atoms with Gasteiger partial charge in [-0.3, -0.25) is 14.9 Å². The average molecular weight is 546 g/mol. The number of nitro groups is 1. The first kappa shape index (κ1) is 28.3. The number of benzene rings is 3. The van der Waals surface area contributed by atoms with E-state index in [1.807, 2.05) is 0 Å². The zero-order valence-corrected chi connectivity index (χ0v) is 22.6. The Kier molecular flexibility index (Phi) is 7.90. The average Bonchev–Trinajstić information content (AvgIpc) is 3.23. The molecule has 4 atom stereocenters. The summed E-state index contributed by atoms with van der Waals surface area (Å²) in [5.41, 5.74) is -0.786. The number of non-ortho nitro benzene ring substituents is 1. The van der Waals surface area contributed by atoms with E-state index in [9.17, 15) is 29.6 Å². The van der Waals surface area contributed by atoms with Crippen molar-refractivity contribution in [2.45, 2.75) is 44.3 Å². The number of carboxylic acid groups (broad SMARTS) is 1. The van der Waals surface area contributed by atoms with E-state index in [0.29, 0.717) is 22.4 Å². The number of Topliss-reactive ketones (excluding diaryl/α,β-unsaturated/α-hetero) is 1. The summed E-state index contributed by atoms with van der Waals surface area (Å²) < 4.78 is 5.29. The van der Waals surface area contributed by atoms with Crippen molar-refractivity contribution in [2.24, 2.45) is 5.92 Å². The number of urea groups is 1. The van der Waals surface area contributed by atoms with Gasteiger partial charge in [0.05, 0.1) is 24.0 Å². The summed E-state index contributed by atoms with van der Waals surface area (Å²) in [6.45, 7) is 4.94. The molecule has 1 saturated heterocycles. The fourth-order valence-corrected chi connectivity index (χ4v) is 5.60. The molecule has 0 aliphatic carbocycles. The number of nitro benzene ring substituents is 1. The van der Waals surface area contributed by atoms with Crippen LogP contribution in [0.2, 0.25) is 0 Å². The molecule has 3 aromatic carbocycles. The third-order valence-corrected chi connectivity index (χ3v) is 7.43. The number of nitrogens with one attached hydrogen (secondary N) is 1. The molecule has 1 fully saturated rings. The number of hydrogen-bond donors (Lipinski definition) is 2. The van der Waals surface area contributed by atoms with Crippen LogP contribution in [0.25, 0.3) is 0 Å².